The summed E-state index contributed by atoms with van der Waals surface area (Å²) in [5.74, 6) is -0.0791. The van der Waals surface area contributed by atoms with Gasteiger partial charge in [-0.2, -0.15) is 0 Å². The van der Waals surface area contributed by atoms with Crippen LogP contribution in [0.2, 0.25) is 0 Å². The van der Waals surface area contributed by atoms with Crippen LogP contribution in [0.25, 0.3) is 5.57 Å². The molecule has 0 saturated heterocycles. The van der Waals surface area contributed by atoms with Crippen molar-refractivity contribution in [2.75, 3.05) is 0 Å². The van der Waals surface area contributed by atoms with E-state index in [9.17, 15) is 9.59 Å². The summed E-state index contributed by atoms with van der Waals surface area (Å²) in [6, 6.07) is 8.07. The number of carbonyl (C=O) groups is 2. The maximum absolute atomic E-state index is 11.5. The van der Waals surface area contributed by atoms with Crippen LogP contribution in [0.5, 0.6) is 0 Å². The number of carbonyl (C=O) groups excluding carboxylic acids is 2. The van der Waals surface area contributed by atoms with E-state index in [4.69, 9.17) is 0 Å². The number of benzene rings is 1. The predicted molar refractivity (Wildman–Crippen MR) is 80.9 cm³/mol. The molecule has 0 bridgehead atoms. The zero-order valence-corrected chi connectivity index (χ0v) is 12.3. The molecular weight excluding hydrogens is 252 g/mol. The number of amides is 2. The first-order chi connectivity index (χ1) is 9.62. The standard InChI is InChI=1S/C16H22N2O2/c1-4-13(14-9-7-6-8-12(14)3)10-15(17-11-19)18-16(20)5-2/h4,6-9,11,15H,5,10H2,1-3H3,(H,17,19)(H,18,20)/b13-4-/t15-/m0/s1. The highest BCUT2D eigenvalue weighted by Crippen LogP contribution is 2.22. The molecule has 1 atom stereocenters. The van der Waals surface area contributed by atoms with Crippen LogP contribution in [0.15, 0.2) is 30.3 Å². The lowest BCUT2D eigenvalue weighted by Crippen LogP contribution is -2.44. The van der Waals surface area contributed by atoms with Crippen molar-refractivity contribution >= 4 is 17.9 Å². The van der Waals surface area contributed by atoms with Crippen molar-refractivity contribution in [2.24, 2.45) is 0 Å². The molecule has 2 N–H and O–H groups in total. The lowest BCUT2D eigenvalue weighted by molar-refractivity contribution is -0.121. The van der Waals surface area contributed by atoms with Crippen molar-refractivity contribution in [3.05, 3.63) is 41.5 Å². The Balaban J connectivity index is 2.87. The van der Waals surface area contributed by atoms with Crippen molar-refractivity contribution in [3.8, 4) is 0 Å². The first-order valence-electron chi connectivity index (χ1n) is 6.82. The number of hydrogen-bond donors (Lipinski definition) is 2. The Labute approximate surface area is 120 Å². The fourth-order valence-electron chi connectivity index (χ4n) is 2.07. The Morgan fingerprint density at radius 1 is 1.35 bits per heavy atom. The molecule has 0 radical (unpaired) electrons. The quantitative estimate of drug-likeness (QED) is 0.592. The topological polar surface area (TPSA) is 58.2 Å². The SMILES string of the molecule is C/C=C(/C[C@@H](NC=O)NC(=O)CC)c1ccccc1C. The van der Waals surface area contributed by atoms with Gasteiger partial charge in [-0.3, -0.25) is 9.59 Å². The maximum Gasteiger partial charge on any atom is 0.221 e. The fourth-order valence-corrected chi connectivity index (χ4v) is 2.07. The molecule has 1 aromatic carbocycles. The molecule has 0 heterocycles. The molecule has 0 aliphatic heterocycles. The molecule has 0 aliphatic carbocycles. The Bertz CT molecular complexity index is 495. The van der Waals surface area contributed by atoms with E-state index in [0.29, 0.717) is 19.3 Å². The average Bonchev–Trinajstić information content (AvgIpc) is 2.45. The minimum absolute atomic E-state index is 0.0791. The second-order valence-electron chi connectivity index (χ2n) is 4.59. The summed E-state index contributed by atoms with van der Waals surface area (Å²) in [5, 5.41) is 5.45. The van der Waals surface area contributed by atoms with E-state index in [0.717, 1.165) is 11.1 Å². The number of allylic oxidation sites excluding steroid dienone is 1. The fraction of sp³-hybridized carbons (Fsp3) is 0.375. The second-order valence-corrected chi connectivity index (χ2v) is 4.59. The summed E-state index contributed by atoms with van der Waals surface area (Å²) < 4.78 is 0. The van der Waals surface area contributed by atoms with Gasteiger partial charge in [0.25, 0.3) is 0 Å². The lowest BCUT2D eigenvalue weighted by atomic mass is 9.97. The summed E-state index contributed by atoms with van der Waals surface area (Å²) in [4.78, 5) is 22.2. The molecule has 1 rings (SSSR count). The average molecular weight is 274 g/mol. The van der Waals surface area contributed by atoms with Gasteiger partial charge in [0.2, 0.25) is 12.3 Å². The third-order valence-corrected chi connectivity index (χ3v) is 3.19. The highest BCUT2D eigenvalue weighted by molar-refractivity contribution is 5.77. The smallest absolute Gasteiger partial charge is 0.221 e. The Morgan fingerprint density at radius 2 is 2.05 bits per heavy atom. The van der Waals surface area contributed by atoms with E-state index in [2.05, 4.69) is 10.6 Å². The summed E-state index contributed by atoms with van der Waals surface area (Å²) in [5.41, 5.74) is 3.41. The van der Waals surface area contributed by atoms with E-state index in [-0.39, 0.29) is 12.1 Å². The molecule has 0 saturated carbocycles. The first kappa shape index (κ1) is 16.0. The number of aryl methyl sites for hydroxylation is 1. The van der Waals surface area contributed by atoms with Gasteiger partial charge in [0.05, 0.1) is 0 Å². The summed E-state index contributed by atoms with van der Waals surface area (Å²) in [7, 11) is 0. The van der Waals surface area contributed by atoms with Gasteiger partial charge in [-0.05, 0) is 30.5 Å². The molecule has 108 valence electrons. The van der Waals surface area contributed by atoms with Crippen LogP contribution in [0.1, 0.15) is 37.8 Å². The van der Waals surface area contributed by atoms with Gasteiger partial charge >= 0.3 is 0 Å². The van der Waals surface area contributed by atoms with Crippen molar-refractivity contribution in [1.29, 1.82) is 0 Å². The van der Waals surface area contributed by atoms with Gasteiger partial charge in [-0.15, -0.1) is 0 Å². The van der Waals surface area contributed by atoms with Crippen LogP contribution >= 0.6 is 0 Å². The Morgan fingerprint density at radius 3 is 2.60 bits per heavy atom. The summed E-state index contributed by atoms with van der Waals surface area (Å²) in [6.45, 7) is 5.79. The second kappa shape index (κ2) is 8.15. The van der Waals surface area contributed by atoms with Crippen molar-refractivity contribution in [3.63, 3.8) is 0 Å². The number of nitrogens with one attached hydrogen (secondary N) is 2. The highest BCUT2D eigenvalue weighted by Gasteiger charge is 2.14. The molecule has 4 nitrogen and oxygen atoms in total. The van der Waals surface area contributed by atoms with E-state index < -0.39 is 0 Å². The summed E-state index contributed by atoms with van der Waals surface area (Å²) >= 11 is 0. The number of rotatable bonds is 7. The minimum atomic E-state index is -0.384. The van der Waals surface area contributed by atoms with Crippen LogP contribution in [0.4, 0.5) is 0 Å². The largest absolute Gasteiger partial charge is 0.338 e. The zero-order valence-electron chi connectivity index (χ0n) is 12.3. The lowest BCUT2D eigenvalue weighted by Gasteiger charge is -2.20. The van der Waals surface area contributed by atoms with Crippen LogP contribution in [0, 0.1) is 6.92 Å². The predicted octanol–water partition coefficient (Wildman–Crippen LogP) is 2.39. The van der Waals surface area contributed by atoms with Gasteiger partial charge in [0, 0.05) is 12.8 Å². The molecule has 20 heavy (non-hydrogen) atoms. The third kappa shape index (κ3) is 4.53. The van der Waals surface area contributed by atoms with Crippen molar-refractivity contribution < 1.29 is 9.59 Å². The molecular formula is C16H22N2O2. The van der Waals surface area contributed by atoms with Crippen LogP contribution < -0.4 is 10.6 Å². The molecule has 0 spiro atoms. The molecule has 0 aromatic heterocycles. The first-order valence-corrected chi connectivity index (χ1v) is 6.82. The Kier molecular flexibility index (Phi) is 6.50. The normalized spacial score (nSPS) is 12.7. The van der Waals surface area contributed by atoms with Gasteiger partial charge in [0.15, 0.2) is 0 Å². The van der Waals surface area contributed by atoms with E-state index >= 15 is 0 Å². The third-order valence-electron chi connectivity index (χ3n) is 3.19. The van der Waals surface area contributed by atoms with Crippen molar-refractivity contribution in [1.82, 2.24) is 10.6 Å². The molecule has 1 aromatic rings. The molecule has 0 unspecified atom stereocenters. The van der Waals surface area contributed by atoms with E-state index in [1.807, 2.05) is 44.2 Å². The van der Waals surface area contributed by atoms with Crippen LogP contribution in [-0.4, -0.2) is 18.5 Å². The summed E-state index contributed by atoms with van der Waals surface area (Å²) in [6.07, 6.45) is 3.20. The monoisotopic (exact) mass is 274 g/mol. The Hall–Kier alpha value is -2.10. The van der Waals surface area contributed by atoms with Gasteiger partial charge in [-0.25, -0.2) is 0 Å². The zero-order chi connectivity index (χ0) is 15.0. The minimum Gasteiger partial charge on any atom is -0.338 e. The van der Waals surface area contributed by atoms with E-state index in [1.54, 1.807) is 6.92 Å². The van der Waals surface area contributed by atoms with E-state index in [1.165, 1.54) is 5.56 Å². The van der Waals surface area contributed by atoms with Crippen LogP contribution in [0.3, 0.4) is 0 Å². The maximum atomic E-state index is 11.5. The van der Waals surface area contributed by atoms with Gasteiger partial charge < -0.3 is 10.6 Å². The van der Waals surface area contributed by atoms with Crippen LogP contribution in [-0.2, 0) is 9.59 Å². The molecule has 0 fully saturated rings. The van der Waals surface area contributed by atoms with Gasteiger partial charge in [-0.1, -0.05) is 37.3 Å². The number of hydrogen-bond acceptors (Lipinski definition) is 2. The highest BCUT2D eigenvalue weighted by atomic mass is 16.2. The van der Waals surface area contributed by atoms with Gasteiger partial charge in [0.1, 0.15) is 6.17 Å². The molecule has 0 aliphatic rings. The molecule has 2 amide bonds. The molecule has 4 heteroatoms. The van der Waals surface area contributed by atoms with Crippen molar-refractivity contribution in [2.45, 2.75) is 39.8 Å².